The fourth-order valence-corrected chi connectivity index (χ4v) is 3.40. The molecule has 2 unspecified atom stereocenters. The number of nitrogens with one attached hydrogen (secondary N) is 1. The minimum Gasteiger partial charge on any atom is -0.484 e. The van der Waals surface area contributed by atoms with Gasteiger partial charge in [0.15, 0.2) is 6.10 Å². The van der Waals surface area contributed by atoms with Crippen molar-refractivity contribution in [3.63, 3.8) is 0 Å². The number of carbonyl (C=O) groups is 1. The first-order chi connectivity index (χ1) is 9.99. The summed E-state index contributed by atoms with van der Waals surface area (Å²) in [6, 6.07) is 4.14. The van der Waals surface area contributed by atoms with Gasteiger partial charge in [-0.15, -0.1) is 0 Å². The number of rotatable bonds is 3. The molecule has 1 aromatic rings. The average Bonchev–Trinajstić information content (AvgIpc) is 2.32. The van der Waals surface area contributed by atoms with E-state index in [4.69, 9.17) is 21.1 Å². The highest BCUT2D eigenvalue weighted by Crippen LogP contribution is 2.42. The first kappa shape index (κ1) is 17.1. The molecule has 0 aliphatic carbocycles. The van der Waals surface area contributed by atoms with Crippen molar-refractivity contribution in [2.45, 2.75) is 38.5 Å². The summed E-state index contributed by atoms with van der Waals surface area (Å²) in [6.45, 7) is 4.73. The number of benzene rings is 1. The lowest BCUT2D eigenvalue weighted by atomic mass is 9.87. The lowest BCUT2D eigenvalue weighted by molar-refractivity contribution is -0.162. The molecule has 0 bridgehead atoms. The van der Waals surface area contributed by atoms with E-state index in [2.05, 4.69) is 4.72 Å². The molecular weight excluding hydrogens is 330 g/mol. The fourth-order valence-electron chi connectivity index (χ4n) is 2.51. The third-order valence-corrected chi connectivity index (χ3v) is 4.22. The molecule has 1 aliphatic heterocycles. The Kier molecular flexibility index (Phi) is 4.43. The molecule has 2 atom stereocenters. The van der Waals surface area contributed by atoms with Crippen LogP contribution in [0.5, 0.6) is 5.75 Å². The summed E-state index contributed by atoms with van der Waals surface area (Å²) in [5.41, 5.74) is -0.377. The van der Waals surface area contributed by atoms with E-state index in [0.717, 1.165) is 6.26 Å². The minimum absolute atomic E-state index is 0.434. The van der Waals surface area contributed by atoms with Crippen LogP contribution in [0.1, 0.15) is 32.4 Å². The first-order valence-corrected chi connectivity index (χ1v) is 8.89. The largest absolute Gasteiger partial charge is 0.484 e. The van der Waals surface area contributed by atoms with E-state index < -0.39 is 33.7 Å². The summed E-state index contributed by atoms with van der Waals surface area (Å²) in [7, 11) is -3.54. The molecule has 8 heteroatoms. The molecule has 1 aromatic carbocycles. The number of fused-ring (bicyclic) bond motifs is 1. The third-order valence-electron chi connectivity index (χ3n) is 3.30. The van der Waals surface area contributed by atoms with Crippen molar-refractivity contribution < 1.29 is 22.7 Å². The number of hydrogen-bond acceptors (Lipinski definition) is 5. The Morgan fingerprint density at radius 3 is 2.59 bits per heavy atom. The second-order valence-electron chi connectivity index (χ2n) is 5.79. The zero-order valence-corrected chi connectivity index (χ0v) is 14.3. The molecule has 22 heavy (non-hydrogen) atoms. The van der Waals surface area contributed by atoms with Gasteiger partial charge in [-0.05, 0) is 32.0 Å². The molecule has 0 saturated carbocycles. The van der Waals surface area contributed by atoms with Crippen molar-refractivity contribution in [3.05, 3.63) is 28.8 Å². The molecular formula is C14H18ClNO5S. The summed E-state index contributed by atoms with van der Waals surface area (Å²) in [6.07, 6.45) is 0.218. The van der Waals surface area contributed by atoms with E-state index >= 15 is 0 Å². The van der Waals surface area contributed by atoms with Crippen molar-refractivity contribution in [3.8, 4) is 5.75 Å². The van der Waals surface area contributed by atoms with E-state index in [1.165, 1.54) is 6.92 Å². The Morgan fingerprint density at radius 1 is 1.41 bits per heavy atom. The highest BCUT2D eigenvalue weighted by atomic mass is 35.5. The monoisotopic (exact) mass is 347 g/mol. The lowest BCUT2D eigenvalue weighted by Gasteiger charge is -2.43. The molecule has 0 spiro atoms. The van der Waals surface area contributed by atoms with Gasteiger partial charge < -0.3 is 9.47 Å². The van der Waals surface area contributed by atoms with Crippen molar-refractivity contribution in [1.29, 1.82) is 0 Å². The third kappa shape index (κ3) is 3.71. The van der Waals surface area contributed by atoms with Gasteiger partial charge in [0.1, 0.15) is 11.4 Å². The van der Waals surface area contributed by atoms with Crippen LogP contribution in [0.25, 0.3) is 0 Å². The van der Waals surface area contributed by atoms with Gasteiger partial charge in [-0.1, -0.05) is 11.6 Å². The van der Waals surface area contributed by atoms with Gasteiger partial charge >= 0.3 is 5.97 Å². The van der Waals surface area contributed by atoms with Crippen molar-refractivity contribution >= 4 is 27.6 Å². The molecule has 1 aliphatic rings. The van der Waals surface area contributed by atoms with Crippen LogP contribution in [-0.4, -0.2) is 32.3 Å². The highest BCUT2D eigenvalue weighted by molar-refractivity contribution is 7.88. The Bertz CT molecular complexity index is 701. The number of esters is 1. The topological polar surface area (TPSA) is 81.7 Å². The molecule has 122 valence electrons. The summed E-state index contributed by atoms with van der Waals surface area (Å²) in [5, 5.41) is 0.434. The van der Waals surface area contributed by atoms with Crippen LogP contribution in [0.2, 0.25) is 5.02 Å². The Labute approximate surface area is 134 Å². The Hall–Kier alpha value is -1.31. The quantitative estimate of drug-likeness (QED) is 0.846. The normalized spacial score (nSPS) is 23.3. The summed E-state index contributed by atoms with van der Waals surface area (Å²) < 4.78 is 37.1. The number of ether oxygens (including phenoxy) is 2. The molecule has 0 aromatic heterocycles. The highest BCUT2D eigenvalue weighted by Gasteiger charge is 2.47. The fraction of sp³-hybridized carbons (Fsp3) is 0.500. The second-order valence-corrected chi connectivity index (χ2v) is 8.00. The zero-order valence-electron chi connectivity index (χ0n) is 12.7. The maximum atomic E-state index is 11.7. The maximum absolute atomic E-state index is 11.7. The van der Waals surface area contributed by atoms with Crippen molar-refractivity contribution in [2.24, 2.45) is 0 Å². The van der Waals surface area contributed by atoms with Crippen LogP contribution in [0.15, 0.2) is 18.2 Å². The second kappa shape index (κ2) is 5.72. The SMILES string of the molecule is CC(=O)OC1C(NS(C)(=O)=O)c2cc(Cl)ccc2OC1(C)C. The Balaban J connectivity index is 2.57. The van der Waals surface area contributed by atoms with Crippen LogP contribution in [0.4, 0.5) is 0 Å². The molecule has 0 fully saturated rings. The smallest absolute Gasteiger partial charge is 0.303 e. The van der Waals surface area contributed by atoms with Gasteiger partial charge in [0.25, 0.3) is 0 Å². The Morgan fingerprint density at radius 2 is 2.05 bits per heavy atom. The summed E-state index contributed by atoms with van der Waals surface area (Å²) in [5.74, 6) is -0.0218. The van der Waals surface area contributed by atoms with Crippen LogP contribution in [0.3, 0.4) is 0 Å². The molecule has 0 saturated heterocycles. The summed E-state index contributed by atoms with van der Waals surface area (Å²) in [4.78, 5) is 11.4. The van der Waals surface area contributed by atoms with E-state index in [0.29, 0.717) is 16.3 Å². The number of sulfonamides is 1. The van der Waals surface area contributed by atoms with Crippen LogP contribution in [0, 0.1) is 0 Å². The van der Waals surface area contributed by atoms with Gasteiger partial charge in [0.2, 0.25) is 10.0 Å². The molecule has 0 radical (unpaired) electrons. The van der Waals surface area contributed by atoms with Gasteiger partial charge in [0, 0.05) is 17.5 Å². The van der Waals surface area contributed by atoms with Crippen LogP contribution < -0.4 is 9.46 Å². The van der Waals surface area contributed by atoms with E-state index in [-0.39, 0.29) is 0 Å². The standard InChI is InChI=1S/C14H18ClNO5S/c1-8(17)20-13-12(16-22(4,18)19)10-7-9(15)5-6-11(10)21-14(13,2)3/h5-7,12-13,16H,1-4H3. The predicted octanol–water partition coefficient (Wildman–Crippen LogP) is 2.03. The van der Waals surface area contributed by atoms with Gasteiger partial charge in [0.05, 0.1) is 12.3 Å². The predicted molar refractivity (Wildman–Crippen MR) is 82.4 cm³/mol. The van der Waals surface area contributed by atoms with Gasteiger partial charge in [-0.2, -0.15) is 0 Å². The van der Waals surface area contributed by atoms with Crippen molar-refractivity contribution in [2.75, 3.05) is 6.26 Å². The van der Waals surface area contributed by atoms with Crippen molar-refractivity contribution in [1.82, 2.24) is 4.72 Å². The maximum Gasteiger partial charge on any atom is 0.303 e. The number of hydrogen-bond donors (Lipinski definition) is 1. The average molecular weight is 348 g/mol. The molecule has 6 nitrogen and oxygen atoms in total. The number of halogens is 1. The van der Waals surface area contributed by atoms with Crippen LogP contribution in [-0.2, 0) is 19.6 Å². The van der Waals surface area contributed by atoms with E-state index in [9.17, 15) is 13.2 Å². The molecule has 1 heterocycles. The first-order valence-electron chi connectivity index (χ1n) is 6.62. The van der Waals surface area contributed by atoms with Crippen LogP contribution >= 0.6 is 11.6 Å². The lowest BCUT2D eigenvalue weighted by Crippen LogP contribution is -2.55. The van der Waals surface area contributed by atoms with E-state index in [1.807, 2.05) is 0 Å². The minimum atomic E-state index is -3.54. The summed E-state index contributed by atoms with van der Waals surface area (Å²) >= 11 is 6.00. The zero-order chi connectivity index (χ0) is 16.7. The van der Waals surface area contributed by atoms with Gasteiger partial charge in [-0.3, -0.25) is 4.79 Å². The number of carbonyl (C=O) groups excluding carboxylic acids is 1. The molecule has 1 N–H and O–H groups in total. The molecule has 0 amide bonds. The molecule has 2 rings (SSSR count). The van der Waals surface area contributed by atoms with E-state index in [1.54, 1.807) is 32.0 Å². The van der Waals surface area contributed by atoms with Gasteiger partial charge in [-0.25, -0.2) is 13.1 Å².